The van der Waals surface area contributed by atoms with E-state index in [4.69, 9.17) is 5.73 Å². The van der Waals surface area contributed by atoms with Gasteiger partial charge < -0.3 is 15.0 Å². The monoisotopic (exact) mass is 431 g/mol. The maximum absolute atomic E-state index is 12.6. The van der Waals surface area contributed by atoms with Crippen LogP contribution in [0.5, 0.6) is 5.75 Å². The van der Waals surface area contributed by atoms with Crippen molar-refractivity contribution in [3.8, 4) is 17.0 Å². The van der Waals surface area contributed by atoms with Crippen LogP contribution in [0.2, 0.25) is 0 Å². The lowest BCUT2D eigenvalue weighted by molar-refractivity contribution is -0.274. The molecule has 2 aliphatic rings. The Labute approximate surface area is 169 Å². The fourth-order valence-corrected chi connectivity index (χ4v) is 4.35. The van der Waals surface area contributed by atoms with Crippen LogP contribution < -0.4 is 10.5 Å². The van der Waals surface area contributed by atoms with Crippen molar-refractivity contribution in [3.63, 3.8) is 0 Å². The molecule has 0 amide bonds. The molecule has 1 saturated heterocycles. The number of alkyl halides is 5. The number of piperidine rings is 1. The lowest BCUT2D eigenvalue weighted by Gasteiger charge is -2.20. The van der Waals surface area contributed by atoms with Crippen LogP contribution in [0, 0.1) is 11.8 Å². The van der Waals surface area contributed by atoms with Crippen LogP contribution in [0.1, 0.15) is 31.6 Å². The van der Waals surface area contributed by atoms with E-state index in [2.05, 4.69) is 14.7 Å². The number of anilines is 1. The molecule has 30 heavy (non-hydrogen) atoms. The van der Waals surface area contributed by atoms with Crippen molar-refractivity contribution in [1.29, 1.82) is 0 Å². The van der Waals surface area contributed by atoms with Gasteiger partial charge in [-0.1, -0.05) is 13.8 Å². The average Bonchev–Trinajstić information content (AvgIpc) is 2.97. The smallest absolute Gasteiger partial charge is 0.402 e. The highest BCUT2D eigenvalue weighted by Crippen LogP contribution is 2.56. The minimum Gasteiger partial charge on any atom is -0.402 e. The first-order valence-corrected chi connectivity index (χ1v) is 9.64. The number of fused-ring (bicyclic) bond motifs is 1. The molecule has 0 bridgehead atoms. The molecule has 3 atom stereocenters. The number of nitrogens with zero attached hydrogens (tertiary/aromatic N) is 4. The Morgan fingerprint density at radius 1 is 1.23 bits per heavy atom. The van der Waals surface area contributed by atoms with Crippen LogP contribution in [-0.2, 0) is 0 Å². The normalized spacial score (nSPS) is 24.0. The molecule has 1 saturated carbocycles. The summed E-state index contributed by atoms with van der Waals surface area (Å²) < 4.78 is 69.1. The number of nitrogens with two attached hydrogens (primary N) is 1. The summed E-state index contributed by atoms with van der Waals surface area (Å²) in [4.78, 5) is 10.2. The molecule has 2 fully saturated rings. The Bertz CT molecular complexity index is 917. The number of halogens is 5. The number of imidazole rings is 1. The number of pyridine rings is 1. The van der Waals surface area contributed by atoms with Gasteiger partial charge in [0, 0.05) is 43.0 Å². The maximum atomic E-state index is 12.6. The van der Waals surface area contributed by atoms with E-state index >= 15 is 0 Å². The number of ether oxygens (including phenoxy) is 1. The van der Waals surface area contributed by atoms with E-state index in [0.717, 1.165) is 5.82 Å². The van der Waals surface area contributed by atoms with Crippen LogP contribution in [0.4, 0.5) is 27.8 Å². The minimum atomic E-state index is -4.88. The molecule has 11 heteroatoms. The Hall–Kier alpha value is -2.43. The van der Waals surface area contributed by atoms with E-state index in [-0.39, 0.29) is 36.2 Å². The number of hydrogen-bond acceptors (Lipinski definition) is 5. The molecular formula is C19H22F5N5O. The number of rotatable bonds is 6. The maximum Gasteiger partial charge on any atom is 0.573 e. The van der Waals surface area contributed by atoms with Crippen LogP contribution >= 0.6 is 0 Å². The molecule has 2 aromatic rings. The topological polar surface area (TPSA) is 69.2 Å². The highest BCUT2D eigenvalue weighted by atomic mass is 19.4. The molecule has 4 rings (SSSR count). The van der Waals surface area contributed by atoms with Gasteiger partial charge in [-0.25, -0.2) is 18.7 Å². The molecule has 1 aliphatic carbocycles. The number of aromatic nitrogens is 3. The first kappa shape index (κ1) is 20.8. The molecule has 6 nitrogen and oxygen atoms in total. The second-order valence-electron chi connectivity index (χ2n) is 8.13. The van der Waals surface area contributed by atoms with E-state index in [0.29, 0.717) is 24.3 Å². The Kier molecular flexibility index (Phi) is 5.11. The third kappa shape index (κ3) is 4.07. The summed E-state index contributed by atoms with van der Waals surface area (Å²) in [5.74, 6) is 0.473. The molecule has 1 unspecified atom stereocenters. The van der Waals surface area contributed by atoms with Gasteiger partial charge in [0.05, 0.1) is 12.2 Å². The van der Waals surface area contributed by atoms with E-state index in [1.54, 1.807) is 11.1 Å². The van der Waals surface area contributed by atoms with Crippen molar-refractivity contribution in [2.45, 2.75) is 38.6 Å². The van der Waals surface area contributed by atoms with Gasteiger partial charge >= 0.3 is 6.36 Å². The largest absolute Gasteiger partial charge is 0.573 e. The summed E-state index contributed by atoms with van der Waals surface area (Å²) in [5.41, 5.74) is 6.33. The molecular weight excluding hydrogens is 409 g/mol. The lowest BCUT2D eigenvalue weighted by atomic mass is 10.2. The van der Waals surface area contributed by atoms with Crippen molar-refractivity contribution in [1.82, 2.24) is 19.4 Å². The predicted octanol–water partition coefficient (Wildman–Crippen LogP) is 3.92. The number of nitrogen functional groups attached to an aromatic ring is 1. The van der Waals surface area contributed by atoms with Crippen LogP contribution in [0.15, 0.2) is 18.5 Å². The van der Waals surface area contributed by atoms with Crippen LogP contribution in [0.25, 0.3) is 11.3 Å². The van der Waals surface area contributed by atoms with E-state index in [9.17, 15) is 22.0 Å². The quantitative estimate of drug-likeness (QED) is 0.703. The van der Waals surface area contributed by atoms with Gasteiger partial charge in [0.15, 0.2) is 11.6 Å². The first-order valence-electron chi connectivity index (χ1n) is 9.64. The molecule has 2 aromatic heterocycles. The van der Waals surface area contributed by atoms with Crippen molar-refractivity contribution in [3.05, 3.63) is 24.3 Å². The fraction of sp³-hybridized carbons (Fsp3) is 0.579. The zero-order valence-corrected chi connectivity index (χ0v) is 16.4. The summed E-state index contributed by atoms with van der Waals surface area (Å²) in [5, 5.41) is 0. The molecule has 2 N–H and O–H groups in total. The second kappa shape index (κ2) is 7.36. The standard InChI is InChI=1S/C19H22F5N5O/c1-9(2)18-27-13(10-3-14(17(25)26-4-10)30-19(22,23)24)7-29(18)16-11-5-28(6-12(11)16)8-15(20)21/h3-4,7,9,11-12,15-16H,5-6,8H2,1-2H3,(H2,25,26)/t11-,12+,16?. The summed E-state index contributed by atoms with van der Waals surface area (Å²) in [6.07, 6.45) is -4.08. The zero-order valence-electron chi connectivity index (χ0n) is 16.4. The zero-order chi connectivity index (χ0) is 21.8. The minimum absolute atomic E-state index is 0.0740. The molecule has 3 heterocycles. The SMILES string of the molecule is CC(C)c1nc(-c2cnc(N)c(OC(F)(F)F)c2)cn1C1[C@H]2CN(CC(F)F)C[C@@H]12. The highest BCUT2D eigenvalue weighted by molar-refractivity contribution is 5.64. The van der Waals surface area contributed by atoms with Gasteiger partial charge in [-0.15, -0.1) is 13.2 Å². The Morgan fingerprint density at radius 2 is 1.90 bits per heavy atom. The van der Waals surface area contributed by atoms with Gasteiger partial charge in [0.25, 0.3) is 6.43 Å². The summed E-state index contributed by atoms with van der Waals surface area (Å²) in [6.45, 7) is 4.95. The molecule has 0 radical (unpaired) electrons. The first-order chi connectivity index (χ1) is 14.0. The van der Waals surface area contributed by atoms with Gasteiger partial charge in [-0.05, 0) is 17.9 Å². The van der Waals surface area contributed by atoms with Gasteiger partial charge in [0.1, 0.15) is 5.82 Å². The van der Waals surface area contributed by atoms with Gasteiger partial charge in [-0.2, -0.15) is 0 Å². The fourth-order valence-electron chi connectivity index (χ4n) is 4.35. The average molecular weight is 431 g/mol. The molecule has 0 spiro atoms. The Morgan fingerprint density at radius 3 is 2.47 bits per heavy atom. The molecule has 1 aliphatic heterocycles. The Balaban J connectivity index is 1.59. The van der Waals surface area contributed by atoms with E-state index < -0.39 is 18.5 Å². The predicted molar refractivity (Wildman–Crippen MR) is 99.1 cm³/mol. The third-order valence-corrected chi connectivity index (χ3v) is 5.62. The summed E-state index contributed by atoms with van der Waals surface area (Å²) in [7, 11) is 0. The van der Waals surface area contributed by atoms with Crippen molar-refractivity contribution < 1.29 is 26.7 Å². The van der Waals surface area contributed by atoms with Crippen molar-refractivity contribution >= 4 is 5.82 Å². The van der Waals surface area contributed by atoms with E-state index in [1.807, 2.05) is 18.4 Å². The van der Waals surface area contributed by atoms with Crippen LogP contribution in [0.3, 0.4) is 0 Å². The highest BCUT2D eigenvalue weighted by Gasteiger charge is 2.57. The lowest BCUT2D eigenvalue weighted by Crippen LogP contribution is -2.30. The summed E-state index contributed by atoms with van der Waals surface area (Å²) >= 11 is 0. The summed E-state index contributed by atoms with van der Waals surface area (Å²) in [6, 6.07) is 1.33. The van der Waals surface area contributed by atoms with Gasteiger partial charge in [-0.3, -0.25) is 4.90 Å². The van der Waals surface area contributed by atoms with Crippen molar-refractivity contribution in [2.75, 3.05) is 25.4 Å². The van der Waals surface area contributed by atoms with Crippen molar-refractivity contribution in [2.24, 2.45) is 11.8 Å². The van der Waals surface area contributed by atoms with Crippen LogP contribution in [-0.4, -0.2) is 51.9 Å². The van der Waals surface area contributed by atoms with Gasteiger partial charge in [0.2, 0.25) is 0 Å². The molecule has 164 valence electrons. The third-order valence-electron chi connectivity index (χ3n) is 5.62. The second-order valence-corrected chi connectivity index (χ2v) is 8.13. The number of hydrogen-bond donors (Lipinski definition) is 1. The van der Waals surface area contributed by atoms with E-state index in [1.165, 1.54) is 12.3 Å². The molecule has 0 aromatic carbocycles. The number of likely N-dealkylation sites (tertiary alicyclic amines) is 1.